The number of urea groups is 1. The maximum atomic E-state index is 11.8. The molecule has 1 heterocycles. The molecule has 1 aliphatic heterocycles. The van der Waals surface area contributed by atoms with Crippen LogP contribution < -0.4 is 5.32 Å². The van der Waals surface area contributed by atoms with Gasteiger partial charge in [-0.25, -0.2) is 9.63 Å². The second kappa shape index (κ2) is 6.06. The maximum Gasteiger partial charge on any atom is 0.344 e. The summed E-state index contributed by atoms with van der Waals surface area (Å²) in [6.07, 6.45) is -0.239. The van der Waals surface area contributed by atoms with Gasteiger partial charge < -0.3 is 5.32 Å². The first-order chi connectivity index (χ1) is 8.87. The third-order valence-corrected chi connectivity index (χ3v) is 2.39. The first-order valence-electron chi connectivity index (χ1n) is 6.71. The van der Waals surface area contributed by atoms with E-state index in [2.05, 4.69) is 5.32 Å². The molecule has 0 bridgehead atoms. The molecule has 19 heavy (non-hydrogen) atoms. The molecule has 0 aromatic heterocycles. The number of hydroxylamine groups is 2. The van der Waals surface area contributed by atoms with E-state index >= 15 is 0 Å². The smallest absolute Gasteiger partial charge is 0.332 e. The molecule has 0 aliphatic carbocycles. The number of nitrogens with zero attached hydrogens (tertiary/aromatic N) is 1. The van der Waals surface area contributed by atoms with Crippen LogP contribution in [0, 0.1) is 6.92 Å². The molecule has 0 spiro atoms. The molecule has 106 valence electrons. The van der Waals surface area contributed by atoms with Crippen molar-refractivity contribution in [3.8, 4) is 0 Å². The predicted molar refractivity (Wildman–Crippen MR) is 76.5 cm³/mol. The number of hydrogen-bond donors (Lipinski definition) is 1. The minimum absolute atomic E-state index is 0.191. The highest BCUT2D eigenvalue weighted by Gasteiger charge is 2.43. The van der Waals surface area contributed by atoms with Crippen molar-refractivity contribution >= 4 is 6.03 Å². The highest BCUT2D eigenvalue weighted by Crippen LogP contribution is 2.37. The van der Waals surface area contributed by atoms with Gasteiger partial charge >= 0.3 is 6.03 Å². The Morgan fingerprint density at radius 3 is 2.47 bits per heavy atom. The van der Waals surface area contributed by atoms with Crippen molar-refractivity contribution in [2.45, 2.75) is 53.3 Å². The van der Waals surface area contributed by atoms with Crippen LogP contribution in [0.2, 0.25) is 0 Å². The fraction of sp³-hybridized carbons (Fsp3) is 0.533. The third-order valence-electron chi connectivity index (χ3n) is 2.39. The van der Waals surface area contributed by atoms with Gasteiger partial charge in [-0.3, -0.25) is 0 Å². The molecule has 1 aromatic rings. The van der Waals surface area contributed by atoms with Crippen LogP contribution in [-0.2, 0) is 4.84 Å². The van der Waals surface area contributed by atoms with E-state index in [1.165, 1.54) is 5.06 Å². The average molecular weight is 264 g/mol. The van der Waals surface area contributed by atoms with Gasteiger partial charge in [-0.05, 0) is 27.7 Å². The molecule has 0 saturated carbocycles. The molecule has 2 amide bonds. The molecule has 1 aliphatic rings. The van der Waals surface area contributed by atoms with Crippen LogP contribution >= 0.6 is 0 Å². The van der Waals surface area contributed by atoms with Crippen molar-refractivity contribution in [1.82, 2.24) is 10.4 Å². The number of rotatable bonds is 1. The number of amides is 2. The molecular weight excluding hydrogens is 240 g/mol. The average Bonchev–Trinajstić information content (AvgIpc) is 3.09. The Hall–Kier alpha value is -1.55. The molecule has 1 N–H and O–H groups in total. The standard InChI is InChI=1S/C13H18N2O2.C2H6/c1-9-6-5-7-10(8-9)11-15(17-11)12(16)14-13(2,3)4;1-2/h5-8,11H,1-4H3,(H,14,16);1-2H3. The van der Waals surface area contributed by atoms with Crippen molar-refractivity contribution in [3.05, 3.63) is 35.4 Å². The fourth-order valence-electron chi connectivity index (χ4n) is 1.63. The summed E-state index contributed by atoms with van der Waals surface area (Å²) in [6.45, 7) is 11.8. The molecule has 1 fully saturated rings. The molecule has 1 saturated heterocycles. The van der Waals surface area contributed by atoms with Crippen molar-refractivity contribution in [3.63, 3.8) is 0 Å². The van der Waals surface area contributed by atoms with Gasteiger partial charge in [0.1, 0.15) is 0 Å². The van der Waals surface area contributed by atoms with Crippen molar-refractivity contribution in [1.29, 1.82) is 0 Å². The predicted octanol–water partition coefficient (Wildman–Crippen LogP) is 3.78. The lowest BCUT2D eigenvalue weighted by Gasteiger charge is -2.19. The highest BCUT2D eigenvalue weighted by molar-refractivity contribution is 5.75. The lowest BCUT2D eigenvalue weighted by molar-refractivity contribution is 0.169. The SMILES string of the molecule is CC.Cc1cccc(C2ON2C(=O)NC(C)(C)C)c1. The van der Waals surface area contributed by atoms with Crippen LogP contribution in [0.5, 0.6) is 0 Å². The molecule has 1 atom stereocenters. The Bertz CT molecular complexity index is 438. The second-order valence-electron chi connectivity index (χ2n) is 5.38. The Morgan fingerprint density at radius 2 is 1.95 bits per heavy atom. The van der Waals surface area contributed by atoms with Crippen LogP contribution in [0.4, 0.5) is 4.79 Å². The molecule has 1 aromatic carbocycles. The van der Waals surface area contributed by atoms with Gasteiger partial charge in [0.05, 0.1) is 0 Å². The van der Waals surface area contributed by atoms with Gasteiger partial charge in [-0.2, -0.15) is 5.06 Å². The normalized spacial score (nSPS) is 17.4. The zero-order valence-corrected chi connectivity index (χ0v) is 12.7. The number of hydrogen-bond acceptors (Lipinski definition) is 2. The number of carbonyl (C=O) groups excluding carboxylic acids is 1. The second-order valence-corrected chi connectivity index (χ2v) is 5.38. The van der Waals surface area contributed by atoms with Crippen LogP contribution in [0.1, 0.15) is 52.0 Å². The third kappa shape index (κ3) is 4.56. The summed E-state index contributed by atoms with van der Waals surface area (Å²) < 4.78 is 0. The van der Waals surface area contributed by atoms with E-state index in [1.807, 2.05) is 65.8 Å². The summed E-state index contributed by atoms with van der Waals surface area (Å²) in [7, 11) is 0. The van der Waals surface area contributed by atoms with Gasteiger partial charge in [0.25, 0.3) is 0 Å². The topological polar surface area (TPSA) is 44.6 Å². The summed E-state index contributed by atoms with van der Waals surface area (Å²) in [5.74, 6) is 0. The van der Waals surface area contributed by atoms with Crippen molar-refractivity contribution in [2.75, 3.05) is 0 Å². The van der Waals surface area contributed by atoms with E-state index < -0.39 is 0 Å². The number of aryl methyl sites for hydroxylation is 1. The minimum atomic E-state index is -0.250. The summed E-state index contributed by atoms with van der Waals surface area (Å²) in [6, 6.07) is 7.78. The van der Waals surface area contributed by atoms with Crippen LogP contribution in [0.15, 0.2) is 24.3 Å². The maximum absolute atomic E-state index is 11.8. The lowest BCUT2D eigenvalue weighted by Crippen LogP contribution is -2.43. The molecule has 0 radical (unpaired) electrons. The number of benzene rings is 1. The summed E-state index contributed by atoms with van der Waals surface area (Å²) >= 11 is 0. The van der Waals surface area contributed by atoms with Gasteiger partial charge in [-0.1, -0.05) is 43.7 Å². The minimum Gasteiger partial charge on any atom is -0.332 e. The van der Waals surface area contributed by atoms with Gasteiger partial charge in [0, 0.05) is 11.1 Å². The first kappa shape index (κ1) is 15.5. The first-order valence-corrected chi connectivity index (χ1v) is 6.71. The van der Waals surface area contributed by atoms with Crippen molar-refractivity contribution < 1.29 is 9.63 Å². The summed E-state index contributed by atoms with van der Waals surface area (Å²) in [5, 5.41) is 4.22. The van der Waals surface area contributed by atoms with Crippen LogP contribution in [0.3, 0.4) is 0 Å². The van der Waals surface area contributed by atoms with Crippen LogP contribution in [0.25, 0.3) is 0 Å². The van der Waals surface area contributed by atoms with Crippen molar-refractivity contribution in [2.24, 2.45) is 0 Å². The molecule has 4 heteroatoms. The Labute approximate surface area is 115 Å². The largest absolute Gasteiger partial charge is 0.344 e. The van der Waals surface area contributed by atoms with E-state index in [0.717, 1.165) is 11.1 Å². The molecule has 4 nitrogen and oxygen atoms in total. The van der Waals surface area contributed by atoms with E-state index in [1.54, 1.807) is 0 Å². The Balaban J connectivity index is 0.000000861. The molecule has 1 unspecified atom stereocenters. The van der Waals surface area contributed by atoms with E-state index in [-0.39, 0.29) is 17.8 Å². The summed E-state index contributed by atoms with van der Waals surface area (Å²) in [5.41, 5.74) is 1.92. The zero-order chi connectivity index (χ0) is 14.6. The van der Waals surface area contributed by atoms with E-state index in [4.69, 9.17) is 4.84 Å². The van der Waals surface area contributed by atoms with Gasteiger partial charge in [0.15, 0.2) is 0 Å². The quantitative estimate of drug-likeness (QED) is 0.785. The molecular formula is C15H24N2O2. The number of carbonyl (C=O) groups is 1. The monoisotopic (exact) mass is 264 g/mol. The highest BCUT2D eigenvalue weighted by atomic mass is 16.8. The Kier molecular flexibility index (Phi) is 4.95. The lowest BCUT2D eigenvalue weighted by atomic mass is 10.1. The Morgan fingerprint density at radius 1 is 1.32 bits per heavy atom. The number of nitrogens with one attached hydrogen (secondary N) is 1. The van der Waals surface area contributed by atoms with E-state index in [0.29, 0.717) is 0 Å². The summed E-state index contributed by atoms with van der Waals surface area (Å²) in [4.78, 5) is 17.1. The molecule has 2 rings (SSSR count). The zero-order valence-electron chi connectivity index (χ0n) is 12.7. The van der Waals surface area contributed by atoms with Gasteiger partial charge in [0.2, 0.25) is 6.23 Å². The van der Waals surface area contributed by atoms with E-state index in [9.17, 15) is 4.79 Å². The fourth-order valence-corrected chi connectivity index (χ4v) is 1.63. The van der Waals surface area contributed by atoms with Gasteiger partial charge in [-0.15, -0.1) is 0 Å². The van der Waals surface area contributed by atoms with Crippen LogP contribution in [-0.4, -0.2) is 16.6 Å².